The van der Waals surface area contributed by atoms with Gasteiger partial charge in [0.2, 0.25) is 0 Å². The first-order chi connectivity index (χ1) is 8.40. The van der Waals surface area contributed by atoms with Crippen molar-refractivity contribution in [2.24, 2.45) is 11.8 Å². The highest BCUT2D eigenvalue weighted by molar-refractivity contribution is 5.71. The van der Waals surface area contributed by atoms with E-state index >= 15 is 0 Å². The van der Waals surface area contributed by atoms with Gasteiger partial charge >= 0.3 is 5.97 Å². The summed E-state index contributed by atoms with van der Waals surface area (Å²) in [6, 6.07) is 0. The molecule has 0 aliphatic heterocycles. The maximum Gasteiger partial charge on any atom is 0.332 e. The summed E-state index contributed by atoms with van der Waals surface area (Å²) in [6.07, 6.45) is 4.39. The monoisotopic (exact) mass is 258 g/mol. The van der Waals surface area contributed by atoms with Crippen LogP contribution in [0.1, 0.15) is 46.5 Å². The van der Waals surface area contributed by atoms with E-state index in [0.29, 0.717) is 18.4 Å². The van der Waals surface area contributed by atoms with E-state index in [1.165, 1.54) is 0 Å². The minimum absolute atomic E-state index is 0.0254. The Balaban J connectivity index is 2.15. The van der Waals surface area contributed by atoms with Gasteiger partial charge in [0.1, 0.15) is 12.2 Å². The molecule has 0 saturated heterocycles. The smallest absolute Gasteiger partial charge is 0.332 e. The first-order valence-electron chi connectivity index (χ1n) is 6.81. The SMILES string of the molecule is CC(C)(C)OC(=O)COC[C@@H]1CCC[C@H](CO)C1. The number of rotatable bonds is 5. The molecule has 1 aliphatic carbocycles. The lowest BCUT2D eigenvalue weighted by atomic mass is 9.82. The number of carbonyl (C=O) groups excluding carboxylic acids is 1. The number of carbonyl (C=O) groups is 1. The predicted octanol–water partition coefficient (Wildman–Crippen LogP) is 2.14. The third-order valence-electron chi connectivity index (χ3n) is 3.14. The molecule has 4 nitrogen and oxygen atoms in total. The molecule has 0 aromatic rings. The Labute approximate surface area is 110 Å². The molecule has 4 heteroatoms. The van der Waals surface area contributed by atoms with Crippen LogP contribution in [0.4, 0.5) is 0 Å². The molecule has 0 heterocycles. The molecule has 0 radical (unpaired) electrons. The fraction of sp³-hybridized carbons (Fsp3) is 0.929. The highest BCUT2D eigenvalue weighted by atomic mass is 16.6. The molecule has 0 spiro atoms. The van der Waals surface area contributed by atoms with Crippen LogP contribution in [-0.2, 0) is 14.3 Å². The summed E-state index contributed by atoms with van der Waals surface area (Å²) in [5.74, 6) is 0.573. The fourth-order valence-corrected chi connectivity index (χ4v) is 2.40. The van der Waals surface area contributed by atoms with E-state index in [9.17, 15) is 4.79 Å². The van der Waals surface area contributed by atoms with Gasteiger partial charge in [-0.25, -0.2) is 4.79 Å². The van der Waals surface area contributed by atoms with Crippen LogP contribution in [0.5, 0.6) is 0 Å². The van der Waals surface area contributed by atoms with Crippen molar-refractivity contribution in [3.05, 3.63) is 0 Å². The highest BCUT2D eigenvalue weighted by Crippen LogP contribution is 2.28. The van der Waals surface area contributed by atoms with E-state index < -0.39 is 5.60 Å². The molecule has 1 N–H and O–H groups in total. The van der Waals surface area contributed by atoms with Gasteiger partial charge in [-0.3, -0.25) is 0 Å². The summed E-state index contributed by atoms with van der Waals surface area (Å²) in [5, 5.41) is 9.14. The van der Waals surface area contributed by atoms with E-state index in [2.05, 4.69) is 0 Å². The molecule has 1 saturated carbocycles. The summed E-state index contributed by atoms with van der Waals surface area (Å²) < 4.78 is 10.6. The zero-order chi connectivity index (χ0) is 13.6. The average Bonchev–Trinajstić information content (AvgIpc) is 2.27. The number of hydrogen-bond donors (Lipinski definition) is 1. The number of aliphatic hydroxyl groups excluding tert-OH is 1. The number of hydrogen-bond acceptors (Lipinski definition) is 4. The summed E-state index contributed by atoms with van der Waals surface area (Å²) in [4.78, 5) is 11.4. The fourth-order valence-electron chi connectivity index (χ4n) is 2.40. The molecule has 0 bridgehead atoms. The van der Waals surface area contributed by atoms with E-state index in [0.717, 1.165) is 25.7 Å². The van der Waals surface area contributed by atoms with Gasteiger partial charge in [0.05, 0.1) is 6.61 Å². The van der Waals surface area contributed by atoms with Gasteiger partial charge < -0.3 is 14.6 Å². The summed E-state index contributed by atoms with van der Waals surface area (Å²) in [5.41, 5.74) is -0.451. The summed E-state index contributed by atoms with van der Waals surface area (Å²) in [7, 11) is 0. The molecule has 0 aromatic carbocycles. The lowest BCUT2D eigenvalue weighted by Gasteiger charge is -2.27. The average molecular weight is 258 g/mol. The second-order valence-electron chi connectivity index (χ2n) is 6.18. The van der Waals surface area contributed by atoms with Crippen molar-refractivity contribution in [2.45, 2.75) is 52.1 Å². The van der Waals surface area contributed by atoms with Crippen molar-refractivity contribution in [2.75, 3.05) is 19.8 Å². The van der Waals surface area contributed by atoms with E-state index in [1.54, 1.807) is 0 Å². The van der Waals surface area contributed by atoms with Crippen LogP contribution in [0.3, 0.4) is 0 Å². The van der Waals surface area contributed by atoms with Crippen molar-refractivity contribution in [3.63, 3.8) is 0 Å². The molecule has 2 atom stereocenters. The lowest BCUT2D eigenvalue weighted by molar-refractivity contribution is -0.160. The topological polar surface area (TPSA) is 55.8 Å². The van der Waals surface area contributed by atoms with Gasteiger partial charge in [0.25, 0.3) is 0 Å². The van der Waals surface area contributed by atoms with Crippen LogP contribution in [0.2, 0.25) is 0 Å². The molecule has 1 rings (SSSR count). The van der Waals surface area contributed by atoms with Crippen LogP contribution < -0.4 is 0 Å². The van der Waals surface area contributed by atoms with Crippen LogP contribution in [0, 0.1) is 11.8 Å². The van der Waals surface area contributed by atoms with E-state index in [-0.39, 0.29) is 19.2 Å². The molecule has 106 valence electrons. The van der Waals surface area contributed by atoms with Crippen molar-refractivity contribution in [1.82, 2.24) is 0 Å². The zero-order valence-electron chi connectivity index (χ0n) is 11.8. The van der Waals surface area contributed by atoms with Crippen LogP contribution in [0.25, 0.3) is 0 Å². The Hall–Kier alpha value is -0.610. The molecule has 0 unspecified atom stereocenters. The highest BCUT2D eigenvalue weighted by Gasteiger charge is 2.22. The summed E-state index contributed by atoms with van der Waals surface area (Å²) in [6.45, 7) is 6.42. The first kappa shape index (κ1) is 15.4. The van der Waals surface area contributed by atoms with Crippen molar-refractivity contribution < 1.29 is 19.4 Å². The first-order valence-corrected chi connectivity index (χ1v) is 6.81. The Kier molecular flexibility index (Phi) is 6.09. The van der Waals surface area contributed by atoms with Crippen molar-refractivity contribution >= 4 is 5.97 Å². The van der Waals surface area contributed by atoms with E-state index in [1.807, 2.05) is 20.8 Å². The number of esters is 1. The molecule has 0 amide bonds. The molecule has 0 aromatic heterocycles. The van der Waals surface area contributed by atoms with Crippen molar-refractivity contribution in [1.29, 1.82) is 0 Å². The zero-order valence-corrected chi connectivity index (χ0v) is 11.8. The van der Waals surface area contributed by atoms with Crippen LogP contribution in [0.15, 0.2) is 0 Å². The van der Waals surface area contributed by atoms with Gasteiger partial charge in [-0.05, 0) is 51.9 Å². The second kappa shape index (κ2) is 7.10. The van der Waals surface area contributed by atoms with Crippen LogP contribution in [-0.4, -0.2) is 36.5 Å². The molecule has 1 aliphatic rings. The van der Waals surface area contributed by atoms with E-state index in [4.69, 9.17) is 14.6 Å². The Morgan fingerprint density at radius 1 is 1.28 bits per heavy atom. The third-order valence-corrected chi connectivity index (χ3v) is 3.14. The minimum Gasteiger partial charge on any atom is -0.458 e. The number of ether oxygens (including phenoxy) is 2. The van der Waals surface area contributed by atoms with Crippen molar-refractivity contribution in [3.8, 4) is 0 Å². The molecule has 1 fully saturated rings. The molecular formula is C14H26O4. The normalized spacial score (nSPS) is 24.9. The quantitative estimate of drug-likeness (QED) is 0.768. The maximum absolute atomic E-state index is 11.4. The number of aliphatic hydroxyl groups is 1. The maximum atomic E-state index is 11.4. The van der Waals surface area contributed by atoms with Gasteiger partial charge in [-0.1, -0.05) is 6.42 Å². The van der Waals surface area contributed by atoms with Crippen LogP contribution >= 0.6 is 0 Å². The minimum atomic E-state index is -0.451. The Morgan fingerprint density at radius 2 is 1.94 bits per heavy atom. The largest absolute Gasteiger partial charge is 0.458 e. The Morgan fingerprint density at radius 3 is 2.56 bits per heavy atom. The van der Waals surface area contributed by atoms with Gasteiger partial charge in [0, 0.05) is 6.61 Å². The summed E-state index contributed by atoms with van der Waals surface area (Å²) >= 11 is 0. The van der Waals surface area contributed by atoms with Gasteiger partial charge in [0.15, 0.2) is 0 Å². The molecule has 18 heavy (non-hydrogen) atoms. The Bertz CT molecular complexity index is 257. The molecular weight excluding hydrogens is 232 g/mol. The second-order valence-corrected chi connectivity index (χ2v) is 6.18. The van der Waals surface area contributed by atoms with Gasteiger partial charge in [-0.2, -0.15) is 0 Å². The standard InChI is InChI=1S/C14H26O4/c1-14(2,3)18-13(16)10-17-9-12-6-4-5-11(7-12)8-15/h11-12,15H,4-10H2,1-3H3/t11-,12+/m0/s1. The predicted molar refractivity (Wildman–Crippen MR) is 69.2 cm³/mol. The van der Waals surface area contributed by atoms with Gasteiger partial charge in [-0.15, -0.1) is 0 Å². The lowest BCUT2D eigenvalue weighted by Crippen LogP contribution is -2.28. The third kappa shape index (κ3) is 6.36.